The Labute approximate surface area is 169 Å². The quantitative estimate of drug-likeness (QED) is 0.588. The van der Waals surface area contributed by atoms with E-state index in [9.17, 15) is 14.9 Å². The fourth-order valence-corrected chi connectivity index (χ4v) is 3.46. The van der Waals surface area contributed by atoms with Crippen molar-refractivity contribution >= 4 is 34.6 Å². The molecule has 1 aliphatic heterocycles. The van der Waals surface area contributed by atoms with Gasteiger partial charge < -0.3 is 10.2 Å². The zero-order valence-corrected chi connectivity index (χ0v) is 16.5. The first-order chi connectivity index (χ1) is 13.4. The number of nitro groups is 1. The SMILES string of the molecule is Cc1cc([N+](=O)[O-])ccc1NC(=O)CCN1CCN(c2cccc(Cl)c2)CC1. The van der Waals surface area contributed by atoms with Gasteiger partial charge in [0.1, 0.15) is 0 Å². The molecule has 2 aromatic rings. The van der Waals surface area contributed by atoms with Crippen molar-refractivity contribution in [3.05, 3.63) is 63.2 Å². The Balaban J connectivity index is 1.45. The van der Waals surface area contributed by atoms with Gasteiger partial charge in [0, 0.05) is 67.7 Å². The van der Waals surface area contributed by atoms with Crippen molar-refractivity contribution in [1.29, 1.82) is 0 Å². The van der Waals surface area contributed by atoms with Crippen molar-refractivity contribution in [1.82, 2.24) is 4.90 Å². The van der Waals surface area contributed by atoms with E-state index in [0.717, 1.165) is 36.9 Å². The van der Waals surface area contributed by atoms with Gasteiger partial charge >= 0.3 is 0 Å². The van der Waals surface area contributed by atoms with E-state index in [-0.39, 0.29) is 11.6 Å². The van der Waals surface area contributed by atoms with Crippen LogP contribution in [0.25, 0.3) is 0 Å². The lowest BCUT2D eigenvalue weighted by molar-refractivity contribution is -0.384. The van der Waals surface area contributed by atoms with Gasteiger partial charge in [0.15, 0.2) is 0 Å². The second-order valence-corrected chi connectivity index (χ2v) is 7.30. The van der Waals surface area contributed by atoms with E-state index in [1.54, 1.807) is 13.0 Å². The highest BCUT2D eigenvalue weighted by Crippen LogP contribution is 2.22. The third-order valence-corrected chi connectivity index (χ3v) is 5.13. The molecule has 1 aliphatic rings. The van der Waals surface area contributed by atoms with Gasteiger partial charge in [-0.05, 0) is 36.8 Å². The van der Waals surface area contributed by atoms with Gasteiger partial charge in [-0.15, -0.1) is 0 Å². The van der Waals surface area contributed by atoms with E-state index >= 15 is 0 Å². The minimum absolute atomic E-state index is 0.0214. The first-order valence-corrected chi connectivity index (χ1v) is 9.58. The second kappa shape index (κ2) is 9.03. The van der Waals surface area contributed by atoms with Crippen molar-refractivity contribution in [2.24, 2.45) is 0 Å². The summed E-state index contributed by atoms with van der Waals surface area (Å²) >= 11 is 6.06. The van der Waals surface area contributed by atoms with Crippen LogP contribution in [0.2, 0.25) is 5.02 Å². The van der Waals surface area contributed by atoms with Crippen LogP contribution >= 0.6 is 11.6 Å². The van der Waals surface area contributed by atoms with Crippen LogP contribution in [0.15, 0.2) is 42.5 Å². The molecule has 148 valence electrons. The Hall–Kier alpha value is -2.64. The van der Waals surface area contributed by atoms with E-state index in [2.05, 4.69) is 21.2 Å². The Morgan fingerprint density at radius 1 is 1.18 bits per heavy atom. The molecule has 0 aromatic heterocycles. The number of nitro benzene ring substituents is 1. The highest BCUT2D eigenvalue weighted by atomic mass is 35.5. The van der Waals surface area contributed by atoms with E-state index < -0.39 is 4.92 Å². The monoisotopic (exact) mass is 402 g/mol. The van der Waals surface area contributed by atoms with E-state index in [1.165, 1.54) is 12.1 Å². The number of aryl methyl sites for hydroxylation is 1. The summed E-state index contributed by atoms with van der Waals surface area (Å²) in [7, 11) is 0. The van der Waals surface area contributed by atoms with Crippen LogP contribution in [0.4, 0.5) is 17.1 Å². The predicted molar refractivity (Wildman–Crippen MR) is 111 cm³/mol. The van der Waals surface area contributed by atoms with Crippen molar-refractivity contribution < 1.29 is 9.72 Å². The number of hydrogen-bond donors (Lipinski definition) is 1. The van der Waals surface area contributed by atoms with Gasteiger partial charge in [-0.2, -0.15) is 0 Å². The lowest BCUT2D eigenvalue weighted by Crippen LogP contribution is -2.47. The largest absolute Gasteiger partial charge is 0.369 e. The maximum absolute atomic E-state index is 12.3. The van der Waals surface area contributed by atoms with E-state index in [0.29, 0.717) is 24.2 Å². The molecule has 1 N–H and O–H groups in total. The number of anilines is 2. The molecule has 0 aliphatic carbocycles. The summed E-state index contributed by atoms with van der Waals surface area (Å²) in [5.41, 5.74) is 2.44. The molecule has 2 aromatic carbocycles. The summed E-state index contributed by atoms with van der Waals surface area (Å²) in [6.45, 7) is 5.98. The standard InChI is InChI=1S/C20H23ClN4O3/c1-15-13-18(25(27)28)5-6-19(15)22-20(26)7-8-23-9-11-24(12-10-23)17-4-2-3-16(21)14-17/h2-6,13-14H,7-12H2,1H3,(H,22,26). The molecular weight excluding hydrogens is 380 g/mol. The summed E-state index contributed by atoms with van der Waals surface area (Å²) in [4.78, 5) is 27.2. The molecule has 7 nitrogen and oxygen atoms in total. The minimum atomic E-state index is -0.443. The molecule has 1 fully saturated rings. The number of amides is 1. The number of hydrogen-bond acceptors (Lipinski definition) is 5. The van der Waals surface area contributed by atoms with Crippen LogP contribution in [-0.4, -0.2) is 48.5 Å². The Morgan fingerprint density at radius 2 is 1.93 bits per heavy atom. The fourth-order valence-electron chi connectivity index (χ4n) is 3.28. The molecule has 3 rings (SSSR count). The smallest absolute Gasteiger partial charge is 0.269 e. The number of nitrogens with one attached hydrogen (secondary N) is 1. The van der Waals surface area contributed by atoms with Crippen LogP contribution in [0.3, 0.4) is 0 Å². The van der Waals surface area contributed by atoms with Crippen molar-refractivity contribution in [2.75, 3.05) is 42.9 Å². The summed E-state index contributed by atoms with van der Waals surface area (Å²) in [6, 6.07) is 12.3. The molecule has 0 spiro atoms. The normalized spacial score (nSPS) is 14.7. The van der Waals surface area contributed by atoms with E-state index in [4.69, 9.17) is 11.6 Å². The Kier molecular flexibility index (Phi) is 6.49. The van der Waals surface area contributed by atoms with Crippen molar-refractivity contribution in [2.45, 2.75) is 13.3 Å². The number of nitrogens with zero attached hydrogens (tertiary/aromatic N) is 3. The molecule has 0 bridgehead atoms. The zero-order valence-electron chi connectivity index (χ0n) is 15.7. The second-order valence-electron chi connectivity index (χ2n) is 6.86. The lowest BCUT2D eigenvalue weighted by atomic mass is 10.1. The molecule has 28 heavy (non-hydrogen) atoms. The highest BCUT2D eigenvalue weighted by molar-refractivity contribution is 6.30. The van der Waals surface area contributed by atoms with Crippen LogP contribution in [0.5, 0.6) is 0 Å². The summed E-state index contributed by atoms with van der Waals surface area (Å²) in [6.07, 6.45) is 0.383. The van der Waals surface area contributed by atoms with Crippen molar-refractivity contribution in [3.63, 3.8) is 0 Å². The molecule has 0 unspecified atom stereocenters. The van der Waals surface area contributed by atoms with Crippen LogP contribution in [-0.2, 0) is 4.79 Å². The highest BCUT2D eigenvalue weighted by Gasteiger charge is 2.18. The zero-order chi connectivity index (χ0) is 20.1. The molecule has 0 atom stereocenters. The molecule has 0 radical (unpaired) electrons. The molecule has 8 heteroatoms. The molecule has 1 amide bonds. The van der Waals surface area contributed by atoms with Gasteiger partial charge in [-0.25, -0.2) is 0 Å². The number of benzene rings is 2. The first-order valence-electron chi connectivity index (χ1n) is 9.20. The Morgan fingerprint density at radius 3 is 2.57 bits per heavy atom. The Bertz CT molecular complexity index is 866. The van der Waals surface area contributed by atoms with Gasteiger partial charge in [0.05, 0.1) is 4.92 Å². The van der Waals surface area contributed by atoms with Gasteiger partial charge in [0.25, 0.3) is 5.69 Å². The van der Waals surface area contributed by atoms with Crippen LogP contribution < -0.4 is 10.2 Å². The third kappa shape index (κ3) is 5.21. The third-order valence-electron chi connectivity index (χ3n) is 4.90. The number of halogens is 1. The van der Waals surface area contributed by atoms with Gasteiger partial charge in [0.2, 0.25) is 5.91 Å². The number of rotatable bonds is 6. The topological polar surface area (TPSA) is 78.7 Å². The first kappa shape index (κ1) is 20.1. The van der Waals surface area contributed by atoms with E-state index in [1.807, 2.05) is 18.2 Å². The fraction of sp³-hybridized carbons (Fsp3) is 0.350. The number of carbonyl (C=O) groups excluding carboxylic acids is 1. The molecular formula is C20H23ClN4O3. The van der Waals surface area contributed by atoms with Crippen LogP contribution in [0, 0.1) is 17.0 Å². The van der Waals surface area contributed by atoms with Gasteiger partial charge in [-0.1, -0.05) is 17.7 Å². The maximum Gasteiger partial charge on any atom is 0.269 e. The summed E-state index contributed by atoms with van der Waals surface area (Å²) < 4.78 is 0. The molecule has 1 saturated heterocycles. The number of carbonyl (C=O) groups is 1. The lowest BCUT2D eigenvalue weighted by Gasteiger charge is -2.36. The summed E-state index contributed by atoms with van der Waals surface area (Å²) in [5.74, 6) is -0.0887. The summed E-state index contributed by atoms with van der Waals surface area (Å²) in [5, 5.41) is 14.4. The average molecular weight is 403 g/mol. The van der Waals surface area contributed by atoms with Gasteiger partial charge in [-0.3, -0.25) is 19.8 Å². The number of piperazine rings is 1. The average Bonchev–Trinajstić information content (AvgIpc) is 2.68. The van der Waals surface area contributed by atoms with Crippen LogP contribution in [0.1, 0.15) is 12.0 Å². The van der Waals surface area contributed by atoms with Crippen molar-refractivity contribution in [3.8, 4) is 0 Å². The maximum atomic E-state index is 12.3. The number of non-ortho nitro benzene ring substituents is 1. The predicted octanol–water partition coefficient (Wildman–Crippen LogP) is 3.71. The molecule has 1 heterocycles. The molecule has 0 saturated carbocycles. The minimum Gasteiger partial charge on any atom is -0.369 e.